The van der Waals surface area contributed by atoms with Gasteiger partial charge in [0, 0.05) is 25.7 Å². The molecule has 0 bridgehead atoms. The normalized spacial score (nSPS) is 21.8. The molecule has 2 aliphatic rings. The summed E-state index contributed by atoms with van der Waals surface area (Å²) in [7, 11) is 0. The molecule has 0 saturated carbocycles. The summed E-state index contributed by atoms with van der Waals surface area (Å²) in [6, 6.07) is 7.88. The summed E-state index contributed by atoms with van der Waals surface area (Å²) in [4.78, 5) is 2.70. The molecule has 2 heteroatoms. The Morgan fingerprint density at radius 1 is 1.00 bits per heavy atom. The first kappa shape index (κ1) is 14.1. The molecule has 0 spiro atoms. The Morgan fingerprint density at radius 3 is 2.70 bits per heavy atom. The predicted octanol–water partition coefficient (Wildman–Crippen LogP) is 3.17. The van der Waals surface area contributed by atoms with Crippen molar-refractivity contribution < 1.29 is 0 Å². The van der Waals surface area contributed by atoms with E-state index >= 15 is 0 Å². The molecule has 0 aromatic heterocycles. The van der Waals surface area contributed by atoms with E-state index in [2.05, 4.69) is 42.3 Å². The monoisotopic (exact) mass is 272 g/mol. The van der Waals surface area contributed by atoms with E-state index in [4.69, 9.17) is 0 Å². The number of nitrogens with one attached hydrogen (secondary N) is 1. The molecule has 0 radical (unpaired) electrons. The molecule has 1 fully saturated rings. The molecule has 0 amide bonds. The molecule has 1 atom stereocenters. The lowest BCUT2D eigenvalue weighted by Gasteiger charge is -2.34. The topological polar surface area (TPSA) is 15.3 Å². The van der Waals surface area contributed by atoms with Crippen LogP contribution in [-0.2, 0) is 12.8 Å². The Hall–Kier alpha value is -0.860. The fourth-order valence-electron chi connectivity index (χ4n) is 3.94. The third-order valence-electron chi connectivity index (χ3n) is 4.86. The molecule has 1 saturated heterocycles. The molecule has 1 unspecified atom stereocenters. The highest BCUT2D eigenvalue weighted by Crippen LogP contribution is 2.32. The average molecular weight is 272 g/mol. The number of aryl methyl sites for hydroxylation is 2. The van der Waals surface area contributed by atoms with Crippen LogP contribution in [0.5, 0.6) is 0 Å². The Labute approximate surface area is 123 Å². The van der Waals surface area contributed by atoms with Gasteiger partial charge in [0.25, 0.3) is 0 Å². The summed E-state index contributed by atoms with van der Waals surface area (Å²) in [6.07, 6.45) is 5.19. The van der Waals surface area contributed by atoms with Crippen LogP contribution in [0, 0.1) is 5.92 Å². The molecule has 1 heterocycles. The van der Waals surface area contributed by atoms with Crippen molar-refractivity contribution in [3.63, 3.8) is 0 Å². The van der Waals surface area contributed by atoms with E-state index in [1.54, 1.807) is 16.7 Å². The van der Waals surface area contributed by atoms with Crippen molar-refractivity contribution >= 4 is 0 Å². The lowest BCUT2D eigenvalue weighted by Crippen LogP contribution is -2.35. The number of benzene rings is 1. The standard InChI is InChI=1S/C18H28N2/c1-14(2)18(20-11-4-9-19-10-12-20)17-8-7-15-5-3-6-16(15)13-17/h7-8,13-14,18-19H,3-6,9-12H2,1-2H3. The number of fused-ring (bicyclic) bond motifs is 1. The second kappa shape index (κ2) is 6.28. The van der Waals surface area contributed by atoms with Crippen molar-refractivity contribution in [1.29, 1.82) is 0 Å². The Kier molecular flexibility index (Phi) is 4.42. The summed E-state index contributed by atoms with van der Waals surface area (Å²) in [6.45, 7) is 9.46. The van der Waals surface area contributed by atoms with Crippen molar-refractivity contribution in [1.82, 2.24) is 10.2 Å². The smallest absolute Gasteiger partial charge is 0.0371 e. The summed E-state index contributed by atoms with van der Waals surface area (Å²) in [5, 5.41) is 3.52. The third-order valence-corrected chi connectivity index (χ3v) is 4.86. The zero-order chi connectivity index (χ0) is 13.9. The van der Waals surface area contributed by atoms with Gasteiger partial charge in [-0.2, -0.15) is 0 Å². The van der Waals surface area contributed by atoms with Crippen molar-refractivity contribution in [3.8, 4) is 0 Å². The van der Waals surface area contributed by atoms with Crippen molar-refractivity contribution in [2.24, 2.45) is 5.92 Å². The number of hydrogen-bond acceptors (Lipinski definition) is 2. The van der Waals surface area contributed by atoms with Gasteiger partial charge in [0.05, 0.1) is 0 Å². The molecule has 3 rings (SSSR count). The average Bonchev–Trinajstić information content (AvgIpc) is 2.73. The summed E-state index contributed by atoms with van der Waals surface area (Å²) in [5.74, 6) is 0.674. The quantitative estimate of drug-likeness (QED) is 0.909. The van der Waals surface area contributed by atoms with E-state index < -0.39 is 0 Å². The lowest BCUT2D eigenvalue weighted by atomic mass is 9.92. The number of hydrogen-bond donors (Lipinski definition) is 1. The van der Waals surface area contributed by atoms with Gasteiger partial charge in [-0.3, -0.25) is 4.90 Å². The molecule has 1 aromatic carbocycles. The van der Waals surface area contributed by atoms with Gasteiger partial charge >= 0.3 is 0 Å². The maximum Gasteiger partial charge on any atom is 0.0371 e. The summed E-state index contributed by atoms with van der Waals surface area (Å²) < 4.78 is 0. The number of rotatable bonds is 3. The minimum Gasteiger partial charge on any atom is -0.315 e. The van der Waals surface area contributed by atoms with Crippen LogP contribution < -0.4 is 5.32 Å². The summed E-state index contributed by atoms with van der Waals surface area (Å²) >= 11 is 0. The van der Waals surface area contributed by atoms with E-state index in [0.717, 1.165) is 6.54 Å². The Morgan fingerprint density at radius 2 is 1.85 bits per heavy atom. The zero-order valence-corrected chi connectivity index (χ0v) is 13.0. The highest BCUT2D eigenvalue weighted by molar-refractivity contribution is 5.36. The van der Waals surface area contributed by atoms with Gasteiger partial charge < -0.3 is 5.32 Å². The van der Waals surface area contributed by atoms with E-state index in [1.807, 2.05) is 0 Å². The molecule has 1 N–H and O–H groups in total. The van der Waals surface area contributed by atoms with E-state index in [0.29, 0.717) is 12.0 Å². The largest absolute Gasteiger partial charge is 0.315 e. The molecule has 1 aliphatic carbocycles. The van der Waals surface area contributed by atoms with Crippen LogP contribution in [-0.4, -0.2) is 31.1 Å². The molecule has 1 aromatic rings. The molecule has 110 valence electrons. The first-order valence-electron chi connectivity index (χ1n) is 8.32. The maximum atomic E-state index is 3.52. The van der Waals surface area contributed by atoms with Crippen LogP contribution in [0.3, 0.4) is 0 Å². The fraction of sp³-hybridized carbons (Fsp3) is 0.667. The predicted molar refractivity (Wildman–Crippen MR) is 85.1 cm³/mol. The first-order chi connectivity index (χ1) is 9.75. The second-order valence-electron chi connectivity index (χ2n) is 6.71. The van der Waals surface area contributed by atoms with Crippen LogP contribution in [0.1, 0.15) is 49.4 Å². The lowest BCUT2D eigenvalue weighted by molar-refractivity contribution is 0.165. The SMILES string of the molecule is CC(C)C(c1ccc2c(c1)CCC2)N1CCCNCC1. The van der Waals surface area contributed by atoms with E-state index in [1.165, 1.54) is 45.3 Å². The van der Waals surface area contributed by atoms with Crippen LogP contribution in [0.15, 0.2) is 18.2 Å². The van der Waals surface area contributed by atoms with Crippen LogP contribution in [0.25, 0.3) is 0 Å². The van der Waals surface area contributed by atoms with Crippen molar-refractivity contribution in [3.05, 3.63) is 34.9 Å². The summed E-state index contributed by atoms with van der Waals surface area (Å²) in [5.41, 5.74) is 4.75. The molecule has 1 aliphatic heterocycles. The van der Waals surface area contributed by atoms with Gasteiger partial charge in [-0.15, -0.1) is 0 Å². The van der Waals surface area contributed by atoms with E-state index in [9.17, 15) is 0 Å². The third kappa shape index (κ3) is 2.91. The number of nitrogens with zero attached hydrogens (tertiary/aromatic N) is 1. The highest BCUT2D eigenvalue weighted by atomic mass is 15.2. The minimum atomic E-state index is 0.584. The highest BCUT2D eigenvalue weighted by Gasteiger charge is 2.25. The molecule has 20 heavy (non-hydrogen) atoms. The first-order valence-corrected chi connectivity index (χ1v) is 8.32. The second-order valence-corrected chi connectivity index (χ2v) is 6.71. The van der Waals surface area contributed by atoms with Crippen molar-refractivity contribution in [2.75, 3.05) is 26.2 Å². The van der Waals surface area contributed by atoms with Gasteiger partial charge in [-0.25, -0.2) is 0 Å². The maximum absolute atomic E-state index is 3.52. The zero-order valence-electron chi connectivity index (χ0n) is 13.0. The van der Waals surface area contributed by atoms with E-state index in [-0.39, 0.29) is 0 Å². The van der Waals surface area contributed by atoms with Crippen LogP contribution >= 0.6 is 0 Å². The van der Waals surface area contributed by atoms with Gasteiger partial charge in [0.2, 0.25) is 0 Å². The van der Waals surface area contributed by atoms with Crippen molar-refractivity contribution in [2.45, 2.75) is 45.6 Å². The fourth-order valence-corrected chi connectivity index (χ4v) is 3.94. The van der Waals surface area contributed by atoms with Crippen LogP contribution in [0.2, 0.25) is 0 Å². The Bertz CT molecular complexity index is 445. The Balaban J connectivity index is 1.85. The molecular formula is C18H28N2. The van der Waals surface area contributed by atoms with Gasteiger partial charge in [0.15, 0.2) is 0 Å². The molecular weight excluding hydrogens is 244 g/mol. The van der Waals surface area contributed by atoms with Crippen LogP contribution in [0.4, 0.5) is 0 Å². The molecule has 2 nitrogen and oxygen atoms in total. The minimum absolute atomic E-state index is 0.584. The van der Waals surface area contributed by atoms with Gasteiger partial charge in [-0.1, -0.05) is 32.0 Å². The van der Waals surface area contributed by atoms with Gasteiger partial charge in [-0.05, 0) is 54.8 Å². The van der Waals surface area contributed by atoms with Gasteiger partial charge in [0.1, 0.15) is 0 Å².